The summed E-state index contributed by atoms with van der Waals surface area (Å²) in [5.74, 6) is 0.123. The van der Waals surface area contributed by atoms with Crippen molar-refractivity contribution in [3.63, 3.8) is 0 Å². The molecule has 0 radical (unpaired) electrons. The quantitative estimate of drug-likeness (QED) is 0.807. The molecule has 2 nitrogen and oxygen atoms in total. The Morgan fingerprint density at radius 1 is 0.875 bits per heavy atom. The van der Waals surface area contributed by atoms with Gasteiger partial charge >= 0.3 is 0 Å². The van der Waals surface area contributed by atoms with Crippen LogP contribution < -0.4 is 0 Å². The van der Waals surface area contributed by atoms with Gasteiger partial charge in [0.1, 0.15) is 11.9 Å². The molecule has 0 aliphatic carbocycles. The summed E-state index contributed by atoms with van der Waals surface area (Å²) >= 11 is 0. The number of aryl methyl sites for hydroxylation is 1. The van der Waals surface area contributed by atoms with Gasteiger partial charge in [0.05, 0.1) is 0 Å². The Kier molecular flexibility index (Phi) is 2.93. The van der Waals surface area contributed by atoms with Crippen molar-refractivity contribution in [2.75, 3.05) is 0 Å². The molecule has 0 heterocycles. The smallest absolute Gasteiger partial charge is 0.121 e. The van der Waals surface area contributed by atoms with E-state index in [1.807, 2.05) is 31.2 Å². The van der Waals surface area contributed by atoms with Crippen LogP contribution in [0.15, 0.2) is 48.5 Å². The number of benzene rings is 2. The summed E-state index contributed by atoms with van der Waals surface area (Å²) in [7, 11) is 0. The molecular formula is C14H14O2. The lowest BCUT2D eigenvalue weighted by Gasteiger charge is -2.15. The standard InChI is InChI=1S/C14H14O2/c1-10-6-2-3-7-11(10)14(16)12-8-4-5-9-13(12)15/h2-9,14-16H,1H3. The molecule has 82 valence electrons. The molecule has 0 bridgehead atoms. The molecule has 16 heavy (non-hydrogen) atoms. The predicted octanol–water partition coefficient (Wildman–Crippen LogP) is 2.78. The van der Waals surface area contributed by atoms with Gasteiger partial charge in [0, 0.05) is 5.56 Å². The summed E-state index contributed by atoms with van der Waals surface area (Å²) in [5.41, 5.74) is 2.37. The molecule has 0 fully saturated rings. The highest BCUT2D eigenvalue weighted by molar-refractivity contribution is 5.41. The molecule has 0 amide bonds. The van der Waals surface area contributed by atoms with Crippen molar-refractivity contribution in [1.82, 2.24) is 0 Å². The minimum absolute atomic E-state index is 0.123. The van der Waals surface area contributed by atoms with Gasteiger partial charge in [-0.25, -0.2) is 0 Å². The Labute approximate surface area is 94.8 Å². The van der Waals surface area contributed by atoms with Gasteiger partial charge in [-0.05, 0) is 24.1 Å². The fraction of sp³-hybridized carbons (Fsp3) is 0.143. The minimum Gasteiger partial charge on any atom is -0.508 e. The molecule has 0 saturated heterocycles. The summed E-state index contributed by atoms with van der Waals surface area (Å²) in [5, 5.41) is 19.9. The van der Waals surface area contributed by atoms with Crippen LogP contribution in [0.5, 0.6) is 5.75 Å². The van der Waals surface area contributed by atoms with Crippen molar-refractivity contribution in [3.05, 3.63) is 65.2 Å². The van der Waals surface area contributed by atoms with E-state index in [0.717, 1.165) is 11.1 Å². The van der Waals surface area contributed by atoms with Crippen LogP contribution >= 0.6 is 0 Å². The summed E-state index contributed by atoms with van der Waals surface area (Å²) in [6.45, 7) is 1.94. The zero-order valence-corrected chi connectivity index (χ0v) is 9.09. The highest BCUT2D eigenvalue weighted by atomic mass is 16.3. The molecule has 2 rings (SSSR count). The lowest BCUT2D eigenvalue weighted by atomic mass is 9.97. The van der Waals surface area contributed by atoms with E-state index in [1.165, 1.54) is 0 Å². The molecule has 0 aromatic heterocycles. The lowest BCUT2D eigenvalue weighted by Crippen LogP contribution is -2.01. The SMILES string of the molecule is Cc1ccccc1C(O)c1ccccc1O. The number of aliphatic hydroxyl groups is 1. The fourth-order valence-electron chi connectivity index (χ4n) is 1.78. The first-order valence-electron chi connectivity index (χ1n) is 5.21. The van der Waals surface area contributed by atoms with Crippen LogP contribution in [0.3, 0.4) is 0 Å². The Morgan fingerprint density at radius 3 is 2.06 bits per heavy atom. The third kappa shape index (κ3) is 1.92. The topological polar surface area (TPSA) is 40.5 Å². The van der Waals surface area contributed by atoms with Gasteiger partial charge in [-0.3, -0.25) is 0 Å². The molecule has 1 unspecified atom stereocenters. The molecule has 1 atom stereocenters. The summed E-state index contributed by atoms with van der Waals surface area (Å²) in [4.78, 5) is 0. The summed E-state index contributed by atoms with van der Waals surface area (Å²) in [6.07, 6.45) is -0.776. The second-order valence-electron chi connectivity index (χ2n) is 3.82. The van der Waals surface area contributed by atoms with Gasteiger partial charge in [0.25, 0.3) is 0 Å². The average molecular weight is 214 g/mol. The molecule has 0 aliphatic rings. The Morgan fingerprint density at radius 2 is 1.44 bits per heavy atom. The van der Waals surface area contributed by atoms with Gasteiger partial charge in [-0.1, -0.05) is 42.5 Å². The van der Waals surface area contributed by atoms with E-state index in [9.17, 15) is 10.2 Å². The first-order valence-corrected chi connectivity index (χ1v) is 5.21. The molecule has 2 heteroatoms. The molecule has 0 saturated carbocycles. The first-order chi connectivity index (χ1) is 7.70. The van der Waals surface area contributed by atoms with Gasteiger partial charge in [0.2, 0.25) is 0 Å². The third-order valence-electron chi connectivity index (χ3n) is 2.71. The second kappa shape index (κ2) is 4.37. The highest BCUT2D eigenvalue weighted by Gasteiger charge is 2.15. The molecule has 2 aromatic carbocycles. The zero-order chi connectivity index (χ0) is 11.5. The Hall–Kier alpha value is -1.80. The van der Waals surface area contributed by atoms with Gasteiger partial charge in [-0.2, -0.15) is 0 Å². The van der Waals surface area contributed by atoms with E-state index in [2.05, 4.69) is 0 Å². The number of phenols is 1. The third-order valence-corrected chi connectivity index (χ3v) is 2.71. The van der Waals surface area contributed by atoms with Gasteiger partial charge < -0.3 is 10.2 Å². The van der Waals surface area contributed by atoms with Crippen LogP contribution in [0.25, 0.3) is 0 Å². The van der Waals surface area contributed by atoms with Crippen molar-refractivity contribution >= 4 is 0 Å². The second-order valence-corrected chi connectivity index (χ2v) is 3.82. The number of hydrogen-bond acceptors (Lipinski definition) is 2. The number of aliphatic hydroxyl groups excluding tert-OH is 1. The van der Waals surface area contributed by atoms with Crippen LogP contribution in [0.4, 0.5) is 0 Å². The number of aromatic hydroxyl groups is 1. The Bertz CT molecular complexity index is 446. The first kappa shape index (κ1) is 10.7. The Balaban J connectivity index is 2.44. The number of hydrogen-bond donors (Lipinski definition) is 2. The lowest BCUT2D eigenvalue weighted by molar-refractivity contribution is 0.215. The number of phenolic OH excluding ortho intramolecular Hbond substituents is 1. The zero-order valence-electron chi connectivity index (χ0n) is 9.09. The van der Waals surface area contributed by atoms with Gasteiger partial charge in [-0.15, -0.1) is 0 Å². The van der Waals surface area contributed by atoms with Gasteiger partial charge in [0.15, 0.2) is 0 Å². The molecular weight excluding hydrogens is 200 g/mol. The van der Waals surface area contributed by atoms with Crippen molar-refractivity contribution in [2.24, 2.45) is 0 Å². The van der Waals surface area contributed by atoms with Crippen LogP contribution in [0, 0.1) is 6.92 Å². The van der Waals surface area contributed by atoms with E-state index in [-0.39, 0.29) is 5.75 Å². The minimum atomic E-state index is -0.776. The van der Waals surface area contributed by atoms with E-state index in [4.69, 9.17) is 0 Å². The summed E-state index contributed by atoms with van der Waals surface area (Å²) in [6, 6.07) is 14.5. The molecule has 0 spiro atoms. The van der Waals surface area contributed by atoms with E-state index in [1.54, 1.807) is 24.3 Å². The van der Waals surface area contributed by atoms with Crippen LogP contribution in [-0.4, -0.2) is 10.2 Å². The van der Waals surface area contributed by atoms with Crippen molar-refractivity contribution in [1.29, 1.82) is 0 Å². The largest absolute Gasteiger partial charge is 0.508 e. The van der Waals surface area contributed by atoms with E-state index in [0.29, 0.717) is 5.56 Å². The van der Waals surface area contributed by atoms with Crippen LogP contribution in [0.1, 0.15) is 22.8 Å². The maximum absolute atomic E-state index is 10.2. The highest BCUT2D eigenvalue weighted by Crippen LogP contribution is 2.30. The number of rotatable bonds is 2. The van der Waals surface area contributed by atoms with E-state index < -0.39 is 6.10 Å². The van der Waals surface area contributed by atoms with Crippen molar-refractivity contribution < 1.29 is 10.2 Å². The van der Waals surface area contributed by atoms with E-state index >= 15 is 0 Å². The van der Waals surface area contributed by atoms with Crippen LogP contribution in [-0.2, 0) is 0 Å². The maximum atomic E-state index is 10.2. The summed E-state index contributed by atoms with van der Waals surface area (Å²) < 4.78 is 0. The number of para-hydroxylation sites is 1. The monoisotopic (exact) mass is 214 g/mol. The normalized spacial score (nSPS) is 12.4. The molecule has 0 aliphatic heterocycles. The maximum Gasteiger partial charge on any atom is 0.121 e. The fourth-order valence-corrected chi connectivity index (χ4v) is 1.78. The molecule has 2 aromatic rings. The van der Waals surface area contributed by atoms with Crippen molar-refractivity contribution in [2.45, 2.75) is 13.0 Å². The van der Waals surface area contributed by atoms with Crippen LogP contribution in [0.2, 0.25) is 0 Å². The molecule has 2 N–H and O–H groups in total. The average Bonchev–Trinajstić information content (AvgIpc) is 2.29. The van der Waals surface area contributed by atoms with Crippen molar-refractivity contribution in [3.8, 4) is 5.75 Å². The predicted molar refractivity (Wildman–Crippen MR) is 63.3 cm³/mol.